The van der Waals surface area contributed by atoms with E-state index >= 15 is 0 Å². The molecule has 104 valence electrons. The molecule has 0 radical (unpaired) electrons. The zero-order chi connectivity index (χ0) is 14.5. The number of ether oxygens (including phenoxy) is 1. The van der Waals surface area contributed by atoms with Gasteiger partial charge in [-0.15, -0.1) is 0 Å². The van der Waals surface area contributed by atoms with Crippen LogP contribution in [-0.2, 0) is 4.79 Å². The van der Waals surface area contributed by atoms with E-state index in [4.69, 9.17) is 4.74 Å². The summed E-state index contributed by atoms with van der Waals surface area (Å²) >= 11 is 3.36. The van der Waals surface area contributed by atoms with E-state index in [9.17, 15) is 4.79 Å². The summed E-state index contributed by atoms with van der Waals surface area (Å²) in [6.07, 6.45) is -0.605. The normalized spacial score (nSPS) is 11.8. The Kier molecular flexibility index (Phi) is 4.74. The Balaban J connectivity index is 1.98. The van der Waals surface area contributed by atoms with Gasteiger partial charge in [0.05, 0.1) is 0 Å². The predicted molar refractivity (Wildman–Crippen MR) is 81.8 cm³/mol. The van der Waals surface area contributed by atoms with Crippen LogP contribution in [0.4, 0.5) is 5.82 Å². The Morgan fingerprint density at radius 3 is 2.75 bits per heavy atom. The number of hydrogen-bond donors (Lipinski definition) is 1. The van der Waals surface area contributed by atoms with Crippen LogP contribution in [0.2, 0.25) is 0 Å². The van der Waals surface area contributed by atoms with Crippen molar-refractivity contribution in [3.05, 3.63) is 52.6 Å². The molecule has 0 aliphatic heterocycles. The van der Waals surface area contributed by atoms with E-state index in [2.05, 4.69) is 26.2 Å². The third kappa shape index (κ3) is 4.06. The van der Waals surface area contributed by atoms with Gasteiger partial charge in [0.1, 0.15) is 11.6 Å². The number of pyridine rings is 1. The van der Waals surface area contributed by atoms with Gasteiger partial charge in [0, 0.05) is 10.2 Å². The van der Waals surface area contributed by atoms with E-state index < -0.39 is 6.10 Å². The fourth-order valence-electron chi connectivity index (χ4n) is 1.64. The highest BCUT2D eigenvalue weighted by Crippen LogP contribution is 2.19. The van der Waals surface area contributed by atoms with Gasteiger partial charge < -0.3 is 10.1 Å². The summed E-state index contributed by atoms with van der Waals surface area (Å²) in [4.78, 5) is 16.2. The first-order chi connectivity index (χ1) is 9.54. The van der Waals surface area contributed by atoms with Gasteiger partial charge in [-0.1, -0.05) is 28.1 Å². The molecule has 1 amide bonds. The smallest absolute Gasteiger partial charge is 0.266 e. The van der Waals surface area contributed by atoms with Gasteiger partial charge in [-0.25, -0.2) is 4.98 Å². The molecule has 0 bridgehead atoms. The molecule has 0 saturated carbocycles. The highest BCUT2D eigenvalue weighted by atomic mass is 79.9. The molecule has 0 fully saturated rings. The first-order valence-electron chi connectivity index (χ1n) is 6.21. The van der Waals surface area contributed by atoms with E-state index in [-0.39, 0.29) is 5.91 Å². The second-order valence-electron chi connectivity index (χ2n) is 4.37. The van der Waals surface area contributed by atoms with Crippen LogP contribution in [0, 0.1) is 6.92 Å². The third-order valence-corrected chi connectivity index (χ3v) is 3.11. The van der Waals surface area contributed by atoms with Gasteiger partial charge in [-0.2, -0.15) is 0 Å². The van der Waals surface area contributed by atoms with Crippen molar-refractivity contribution >= 4 is 27.7 Å². The van der Waals surface area contributed by atoms with Crippen molar-refractivity contribution in [2.45, 2.75) is 20.0 Å². The molecule has 1 aromatic carbocycles. The molecule has 0 aliphatic rings. The zero-order valence-electron chi connectivity index (χ0n) is 11.3. The van der Waals surface area contributed by atoms with Gasteiger partial charge in [-0.05, 0) is 44.2 Å². The third-order valence-electron chi connectivity index (χ3n) is 2.62. The maximum Gasteiger partial charge on any atom is 0.266 e. The number of benzene rings is 1. The molecule has 1 atom stereocenters. The number of carbonyl (C=O) groups excluding carboxylic acids is 1. The van der Waals surface area contributed by atoms with E-state index in [0.29, 0.717) is 11.6 Å². The Morgan fingerprint density at radius 2 is 2.05 bits per heavy atom. The van der Waals surface area contributed by atoms with Crippen molar-refractivity contribution in [1.29, 1.82) is 0 Å². The molecule has 2 aromatic rings. The number of nitrogens with zero attached hydrogens (tertiary/aromatic N) is 1. The first kappa shape index (κ1) is 14.5. The van der Waals surface area contributed by atoms with Gasteiger partial charge >= 0.3 is 0 Å². The number of anilines is 1. The lowest BCUT2D eigenvalue weighted by Gasteiger charge is -2.14. The molecular weight excluding hydrogens is 320 g/mol. The van der Waals surface area contributed by atoms with Crippen LogP contribution < -0.4 is 10.1 Å². The van der Waals surface area contributed by atoms with Gasteiger partial charge in [0.25, 0.3) is 5.91 Å². The quantitative estimate of drug-likeness (QED) is 0.929. The fraction of sp³-hybridized carbons (Fsp3) is 0.200. The van der Waals surface area contributed by atoms with Gasteiger partial charge in [-0.3, -0.25) is 4.79 Å². The lowest BCUT2D eigenvalue weighted by molar-refractivity contribution is -0.122. The number of aryl methyl sites for hydroxylation is 1. The maximum atomic E-state index is 12.0. The first-order valence-corrected chi connectivity index (χ1v) is 7.00. The van der Waals surface area contributed by atoms with Gasteiger partial charge in [0.15, 0.2) is 6.10 Å². The number of carbonyl (C=O) groups is 1. The Hall–Kier alpha value is -1.88. The predicted octanol–water partition coefficient (Wildman–Crippen LogP) is 3.56. The number of halogens is 1. The monoisotopic (exact) mass is 334 g/mol. The van der Waals surface area contributed by atoms with Crippen LogP contribution in [0.15, 0.2) is 46.9 Å². The molecule has 1 unspecified atom stereocenters. The molecular formula is C15H15BrN2O2. The van der Waals surface area contributed by atoms with Crippen molar-refractivity contribution < 1.29 is 9.53 Å². The van der Waals surface area contributed by atoms with Crippen LogP contribution in [0.25, 0.3) is 0 Å². The molecule has 2 rings (SSSR count). The summed E-state index contributed by atoms with van der Waals surface area (Å²) in [7, 11) is 0. The van der Waals surface area contributed by atoms with Crippen LogP contribution >= 0.6 is 15.9 Å². The Bertz CT molecular complexity index is 616. The van der Waals surface area contributed by atoms with Gasteiger partial charge in [0.2, 0.25) is 0 Å². The standard InChI is InChI=1S/C15H15BrN2O2/c1-10-5-3-8-14(17-10)18-15(19)11(2)20-13-7-4-6-12(16)9-13/h3-9,11H,1-2H3,(H,17,18,19). The zero-order valence-corrected chi connectivity index (χ0v) is 12.8. The molecule has 1 heterocycles. The Labute approximate surface area is 126 Å². The lowest BCUT2D eigenvalue weighted by Crippen LogP contribution is -2.30. The van der Waals surface area contributed by atoms with E-state index in [1.54, 1.807) is 19.1 Å². The molecule has 0 aliphatic carbocycles. The maximum absolute atomic E-state index is 12.0. The molecule has 20 heavy (non-hydrogen) atoms. The number of nitrogens with one attached hydrogen (secondary N) is 1. The summed E-state index contributed by atoms with van der Waals surface area (Å²) < 4.78 is 6.50. The number of amides is 1. The lowest BCUT2D eigenvalue weighted by atomic mass is 10.3. The van der Waals surface area contributed by atoms with Crippen molar-refractivity contribution in [1.82, 2.24) is 4.98 Å². The molecule has 4 nitrogen and oxygen atoms in total. The second kappa shape index (κ2) is 6.52. The average molecular weight is 335 g/mol. The van der Waals surface area contributed by atoms with Crippen molar-refractivity contribution in [3.63, 3.8) is 0 Å². The number of aromatic nitrogens is 1. The summed E-state index contributed by atoms with van der Waals surface area (Å²) in [5.74, 6) is 0.932. The minimum atomic E-state index is -0.605. The number of hydrogen-bond acceptors (Lipinski definition) is 3. The molecule has 1 N–H and O–H groups in total. The topological polar surface area (TPSA) is 51.2 Å². The second-order valence-corrected chi connectivity index (χ2v) is 5.29. The highest BCUT2D eigenvalue weighted by molar-refractivity contribution is 9.10. The van der Waals surface area contributed by atoms with Crippen LogP contribution in [0.1, 0.15) is 12.6 Å². The Morgan fingerprint density at radius 1 is 1.30 bits per heavy atom. The van der Waals surface area contributed by atoms with Crippen LogP contribution in [0.3, 0.4) is 0 Å². The van der Waals surface area contributed by atoms with Crippen molar-refractivity contribution in [2.24, 2.45) is 0 Å². The minimum Gasteiger partial charge on any atom is -0.481 e. The fourth-order valence-corrected chi connectivity index (χ4v) is 2.02. The summed E-state index contributed by atoms with van der Waals surface area (Å²) in [5, 5.41) is 2.73. The van der Waals surface area contributed by atoms with E-state index in [1.165, 1.54) is 0 Å². The highest BCUT2D eigenvalue weighted by Gasteiger charge is 2.15. The molecule has 0 saturated heterocycles. The van der Waals surface area contributed by atoms with Crippen LogP contribution in [0.5, 0.6) is 5.75 Å². The summed E-state index contributed by atoms with van der Waals surface area (Å²) in [6.45, 7) is 3.57. The SMILES string of the molecule is Cc1cccc(NC(=O)C(C)Oc2cccc(Br)c2)n1. The largest absolute Gasteiger partial charge is 0.481 e. The van der Waals surface area contributed by atoms with E-state index in [0.717, 1.165) is 10.2 Å². The summed E-state index contributed by atoms with van der Waals surface area (Å²) in [6, 6.07) is 12.8. The number of rotatable bonds is 4. The molecule has 5 heteroatoms. The summed E-state index contributed by atoms with van der Waals surface area (Å²) in [5.41, 5.74) is 0.850. The molecule has 0 spiro atoms. The minimum absolute atomic E-state index is 0.233. The average Bonchev–Trinajstić information content (AvgIpc) is 2.38. The molecule has 1 aromatic heterocycles. The van der Waals surface area contributed by atoms with Crippen LogP contribution in [-0.4, -0.2) is 17.0 Å². The van der Waals surface area contributed by atoms with Crippen molar-refractivity contribution in [2.75, 3.05) is 5.32 Å². The van der Waals surface area contributed by atoms with E-state index in [1.807, 2.05) is 37.3 Å². The van der Waals surface area contributed by atoms with Crippen molar-refractivity contribution in [3.8, 4) is 5.75 Å².